The second-order valence-corrected chi connectivity index (χ2v) is 8.97. The molecule has 2 aliphatic heterocycles. The number of rotatable bonds is 5. The zero-order chi connectivity index (χ0) is 20.4. The van der Waals surface area contributed by atoms with Crippen molar-refractivity contribution >= 4 is 22.4 Å². The van der Waals surface area contributed by atoms with Crippen molar-refractivity contribution in [2.45, 2.75) is 57.5 Å². The Balaban J connectivity index is 1.59. The Kier molecular flexibility index (Phi) is 6.56. The third-order valence-electron chi connectivity index (χ3n) is 5.63. The lowest BCUT2D eigenvalue weighted by Gasteiger charge is -2.37. The fourth-order valence-electron chi connectivity index (χ4n) is 3.96. The van der Waals surface area contributed by atoms with Crippen LogP contribution in [0.5, 0.6) is 0 Å². The van der Waals surface area contributed by atoms with Gasteiger partial charge in [0.2, 0.25) is 0 Å². The molecule has 28 heavy (non-hydrogen) atoms. The van der Waals surface area contributed by atoms with Crippen LogP contribution < -0.4 is 5.32 Å². The SMILES string of the molecule is CCNc1nc(C)c(C(=O)N2CCCC(O)(CN3CCC(F)(F)CC3)CC2)s1. The summed E-state index contributed by atoms with van der Waals surface area (Å²) in [5.74, 6) is -2.62. The zero-order valence-electron chi connectivity index (χ0n) is 16.6. The fraction of sp³-hybridized carbons (Fsp3) is 0.789. The molecule has 0 aromatic carbocycles. The highest BCUT2D eigenvalue weighted by atomic mass is 32.1. The molecule has 1 unspecified atom stereocenters. The Bertz CT molecular complexity index is 689. The van der Waals surface area contributed by atoms with E-state index < -0.39 is 11.5 Å². The molecule has 0 saturated carbocycles. The fourth-order valence-corrected chi connectivity index (χ4v) is 4.96. The third-order valence-corrected chi connectivity index (χ3v) is 6.73. The van der Waals surface area contributed by atoms with E-state index in [4.69, 9.17) is 0 Å². The molecule has 3 heterocycles. The number of aryl methyl sites for hydroxylation is 1. The number of hydrogen-bond donors (Lipinski definition) is 2. The number of likely N-dealkylation sites (tertiary alicyclic amines) is 2. The summed E-state index contributed by atoms with van der Waals surface area (Å²) in [6, 6.07) is 0. The predicted molar refractivity (Wildman–Crippen MR) is 106 cm³/mol. The number of hydrogen-bond acceptors (Lipinski definition) is 6. The Hall–Kier alpha value is -1.32. The molecule has 1 atom stereocenters. The Labute approximate surface area is 168 Å². The Morgan fingerprint density at radius 3 is 2.61 bits per heavy atom. The predicted octanol–water partition coefficient (Wildman–Crippen LogP) is 2.97. The summed E-state index contributed by atoms with van der Waals surface area (Å²) < 4.78 is 26.7. The van der Waals surface area contributed by atoms with Gasteiger partial charge in [0.05, 0.1) is 11.3 Å². The van der Waals surface area contributed by atoms with Gasteiger partial charge < -0.3 is 20.2 Å². The molecule has 2 aliphatic rings. The smallest absolute Gasteiger partial charge is 0.265 e. The van der Waals surface area contributed by atoms with E-state index in [9.17, 15) is 18.7 Å². The van der Waals surface area contributed by atoms with Gasteiger partial charge in [-0.05, 0) is 33.1 Å². The van der Waals surface area contributed by atoms with Crippen LogP contribution >= 0.6 is 11.3 Å². The molecule has 2 saturated heterocycles. The van der Waals surface area contributed by atoms with E-state index in [1.807, 2.05) is 18.7 Å². The van der Waals surface area contributed by atoms with Crippen LogP contribution in [0.15, 0.2) is 0 Å². The van der Waals surface area contributed by atoms with E-state index in [1.54, 1.807) is 4.90 Å². The van der Waals surface area contributed by atoms with Crippen molar-refractivity contribution in [3.63, 3.8) is 0 Å². The molecule has 1 amide bonds. The lowest BCUT2D eigenvalue weighted by atomic mass is 9.93. The van der Waals surface area contributed by atoms with Gasteiger partial charge in [0, 0.05) is 52.1 Å². The molecule has 0 aliphatic carbocycles. The number of aliphatic hydroxyl groups is 1. The minimum atomic E-state index is -2.58. The van der Waals surface area contributed by atoms with Crippen molar-refractivity contribution in [3.8, 4) is 0 Å². The number of halogens is 2. The highest BCUT2D eigenvalue weighted by Gasteiger charge is 2.38. The average Bonchev–Trinajstić information content (AvgIpc) is 2.88. The Morgan fingerprint density at radius 1 is 1.21 bits per heavy atom. The highest BCUT2D eigenvalue weighted by Crippen LogP contribution is 2.31. The van der Waals surface area contributed by atoms with Gasteiger partial charge in [0.25, 0.3) is 11.8 Å². The molecule has 158 valence electrons. The summed E-state index contributed by atoms with van der Waals surface area (Å²) in [4.78, 5) is 21.7. The highest BCUT2D eigenvalue weighted by molar-refractivity contribution is 7.17. The van der Waals surface area contributed by atoms with Gasteiger partial charge in [-0.2, -0.15) is 0 Å². The van der Waals surface area contributed by atoms with Gasteiger partial charge in [-0.25, -0.2) is 13.8 Å². The van der Waals surface area contributed by atoms with Crippen molar-refractivity contribution in [1.29, 1.82) is 0 Å². The molecule has 9 heteroatoms. The van der Waals surface area contributed by atoms with Crippen LogP contribution in [0.2, 0.25) is 0 Å². The molecule has 0 radical (unpaired) electrons. The lowest BCUT2D eigenvalue weighted by Crippen LogP contribution is -2.48. The summed E-state index contributed by atoms with van der Waals surface area (Å²) >= 11 is 1.37. The number of piperidine rings is 1. The number of carbonyl (C=O) groups excluding carboxylic acids is 1. The number of anilines is 1. The van der Waals surface area contributed by atoms with Gasteiger partial charge in [-0.15, -0.1) is 0 Å². The van der Waals surface area contributed by atoms with Gasteiger partial charge in [0.1, 0.15) is 4.88 Å². The van der Waals surface area contributed by atoms with Crippen LogP contribution in [-0.4, -0.2) is 76.6 Å². The molecule has 0 bridgehead atoms. The molecule has 0 spiro atoms. The first-order chi connectivity index (χ1) is 13.2. The standard InChI is InChI=1S/C19H30F2N4O2S/c1-3-22-17-23-14(2)15(28-17)16(26)25-9-4-5-18(27,6-12-25)13-24-10-7-19(20,21)8-11-24/h27H,3-13H2,1-2H3,(H,22,23). The number of alkyl halides is 2. The third kappa shape index (κ3) is 5.18. The topological polar surface area (TPSA) is 68.7 Å². The Morgan fingerprint density at radius 2 is 1.93 bits per heavy atom. The summed E-state index contributed by atoms with van der Waals surface area (Å²) in [5.41, 5.74) is -0.209. The molecular weight excluding hydrogens is 386 g/mol. The van der Waals surface area contributed by atoms with Crippen LogP contribution in [0.4, 0.5) is 13.9 Å². The van der Waals surface area contributed by atoms with E-state index >= 15 is 0 Å². The van der Waals surface area contributed by atoms with Crippen molar-refractivity contribution in [2.24, 2.45) is 0 Å². The van der Waals surface area contributed by atoms with E-state index in [0.717, 1.165) is 17.4 Å². The van der Waals surface area contributed by atoms with Gasteiger partial charge in [-0.3, -0.25) is 4.79 Å². The van der Waals surface area contributed by atoms with Crippen LogP contribution in [0.25, 0.3) is 0 Å². The maximum atomic E-state index is 13.4. The van der Waals surface area contributed by atoms with Crippen molar-refractivity contribution in [1.82, 2.24) is 14.8 Å². The molecule has 3 rings (SSSR count). The molecule has 1 aromatic heterocycles. The molecule has 1 aromatic rings. The van der Waals surface area contributed by atoms with E-state index in [0.29, 0.717) is 56.9 Å². The largest absolute Gasteiger partial charge is 0.388 e. The van der Waals surface area contributed by atoms with E-state index in [-0.39, 0.29) is 18.7 Å². The lowest BCUT2D eigenvalue weighted by molar-refractivity contribution is -0.0768. The van der Waals surface area contributed by atoms with Crippen LogP contribution in [-0.2, 0) is 0 Å². The van der Waals surface area contributed by atoms with E-state index in [1.165, 1.54) is 11.3 Å². The maximum Gasteiger partial charge on any atom is 0.265 e. The number of amides is 1. The molecular formula is C19H30F2N4O2S. The van der Waals surface area contributed by atoms with Crippen LogP contribution in [0.3, 0.4) is 0 Å². The summed E-state index contributed by atoms with van der Waals surface area (Å²) in [6.45, 7) is 6.65. The minimum Gasteiger partial charge on any atom is -0.388 e. The minimum absolute atomic E-state index is 0.0407. The van der Waals surface area contributed by atoms with Crippen LogP contribution in [0.1, 0.15) is 54.4 Å². The number of β-amino-alcohol motifs (C(OH)–C–C–N with tert-alkyl or cyclic N) is 1. The summed E-state index contributed by atoms with van der Waals surface area (Å²) in [6.07, 6.45) is 1.45. The first-order valence-electron chi connectivity index (χ1n) is 10.0. The molecule has 2 N–H and O–H groups in total. The molecule has 6 nitrogen and oxygen atoms in total. The first-order valence-corrected chi connectivity index (χ1v) is 10.9. The quantitative estimate of drug-likeness (QED) is 0.772. The van der Waals surface area contributed by atoms with Crippen molar-refractivity contribution in [3.05, 3.63) is 10.6 Å². The summed E-state index contributed by atoms with van der Waals surface area (Å²) in [5, 5.41) is 14.9. The van der Waals surface area contributed by atoms with Gasteiger partial charge >= 0.3 is 0 Å². The van der Waals surface area contributed by atoms with Crippen molar-refractivity contribution < 1.29 is 18.7 Å². The number of thiazole rings is 1. The second kappa shape index (κ2) is 8.59. The number of aromatic nitrogens is 1. The maximum absolute atomic E-state index is 13.4. The normalized spacial score (nSPS) is 26.1. The second-order valence-electron chi connectivity index (χ2n) is 7.97. The van der Waals surface area contributed by atoms with Gasteiger partial charge in [-0.1, -0.05) is 11.3 Å². The van der Waals surface area contributed by atoms with E-state index in [2.05, 4.69) is 10.3 Å². The summed E-state index contributed by atoms with van der Waals surface area (Å²) in [7, 11) is 0. The monoisotopic (exact) mass is 416 g/mol. The zero-order valence-corrected chi connectivity index (χ0v) is 17.5. The number of carbonyl (C=O) groups is 1. The first kappa shape index (κ1) is 21.4. The average molecular weight is 417 g/mol. The number of nitrogens with one attached hydrogen (secondary N) is 1. The van der Waals surface area contributed by atoms with Crippen LogP contribution in [0, 0.1) is 6.92 Å². The molecule has 2 fully saturated rings. The van der Waals surface area contributed by atoms with Crippen molar-refractivity contribution in [2.75, 3.05) is 44.6 Å². The number of nitrogens with zero attached hydrogens (tertiary/aromatic N) is 3. The van der Waals surface area contributed by atoms with Gasteiger partial charge in [0.15, 0.2) is 5.13 Å².